The molecule has 0 aliphatic carbocycles. The van der Waals surface area contributed by atoms with Gasteiger partial charge in [0, 0.05) is 27.4 Å². The Balaban J connectivity index is 2.25. The molecule has 0 bridgehead atoms. The highest BCUT2D eigenvalue weighted by atomic mass is 35.5. The van der Waals surface area contributed by atoms with E-state index in [4.69, 9.17) is 23.2 Å². The molecule has 2 aromatic carbocycles. The molecule has 4 nitrogen and oxygen atoms in total. The third-order valence-electron chi connectivity index (χ3n) is 3.65. The smallest absolute Gasteiger partial charge is 0.160 e. The Morgan fingerprint density at radius 2 is 1.79 bits per heavy atom. The average Bonchev–Trinajstić information content (AvgIpc) is 2.58. The number of nitroso groups, excluding NO2 is 1. The molecule has 1 aromatic heterocycles. The van der Waals surface area contributed by atoms with Gasteiger partial charge in [-0.05, 0) is 25.1 Å². The summed E-state index contributed by atoms with van der Waals surface area (Å²) in [6.45, 7) is 1.82. The predicted molar refractivity (Wildman–Crippen MR) is 97.2 cm³/mol. The van der Waals surface area contributed by atoms with E-state index in [2.05, 4.69) is 15.1 Å². The topological polar surface area (TPSA) is 55.2 Å². The second kappa shape index (κ2) is 7.07. The van der Waals surface area contributed by atoms with Crippen LogP contribution >= 0.6 is 23.2 Å². The minimum Gasteiger partial charge on any atom is -0.233 e. The van der Waals surface area contributed by atoms with Gasteiger partial charge in [0.25, 0.3) is 0 Å². The van der Waals surface area contributed by atoms with Crippen molar-refractivity contribution in [3.05, 3.63) is 74.7 Å². The lowest BCUT2D eigenvalue weighted by Crippen LogP contribution is -2.02. The van der Waals surface area contributed by atoms with Crippen molar-refractivity contribution in [3.63, 3.8) is 0 Å². The molecule has 0 saturated heterocycles. The van der Waals surface area contributed by atoms with E-state index in [0.29, 0.717) is 38.4 Å². The molecule has 0 atom stereocenters. The fraction of sp³-hybridized carbons (Fsp3) is 0.111. The number of hydrogen-bond acceptors (Lipinski definition) is 4. The summed E-state index contributed by atoms with van der Waals surface area (Å²) >= 11 is 12.3. The number of nitrogens with zero attached hydrogens (tertiary/aromatic N) is 3. The molecule has 0 N–H and O–H groups in total. The number of hydrogen-bond donors (Lipinski definition) is 0. The highest BCUT2D eigenvalue weighted by Crippen LogP contribution is 2.33. The molecule has 3 aromatic rings. The molecule has 1 heterocycles. The number of benzene rings is 2. The van der Waals surface area contributed by atoms with Gasteiger partial charge in [-0.15, -0.1) is 0 Å². The van der Waals surface area contributed by atoms with Crippen LogP contribution in [0.5, 0.6) is 0 Å². The first kappa shape index (κ1) is 16.6. The highest BCUT2D eigenvalue weighted by molar-refractivity contribution is 6.36. The average molecular weight is 358 g/mol. The van der Waals surface area contributed by atoms with Gasteiger partial charge in [0.1, 0.15) is 6.54 Å². The number of halogens is 2. The van der Waals surface area contributed by atoms with Gasteiger partial charge in [-0.3, -0.25) is 0 Å². The van der Waals surface area contributed by atoms with Crippen LogP contribution in [0.1, 0.15) is 11.3 Å². The van der Waals surface area contributed by atoms with Crippen LogP contribution < -0.4 is 0 Å². The maximum absolute atomic E-state index is 10.8. The Labute approximate surface area is 149 Å². The lowest BCUT2D eigenvalue weighted by atomic mass is 10.0. The molecular weight excluding hydrogens is 345 g/mol. The fourth-order valence-electron chi connectivity index (χ4n) is 2.47. The van der Waals surface area contributed by atoms with E-state index < -0.39 is 0 Å². The fourth-order valence-corrected chi connectivity index (χ4v) is 2.97. The van der Waals surface area contributed by atoms with E-state index in [1.165, 1.54) is 0 Å². The van der Waals surface area contributed by atoms with Crippen LogP contribution in [0.4, 0.5) is 0 Å². The Morgan fingerprint density at radius 3 is 2.46 bits per heavy atom. The minimum atomic E-state index is -0.0187. The molecule has 0 aliphatic rings. The van der Waals surface area contributed by atoms with Gasteiger partial charge in [-0.25, -0.2) is 9.97 Å². The van der Waals surface area contributed by atoms with E-state index >= 15 is 0 Å². The SMILES string of the molecule is Cc1nc(-c2ccccc2)nc(-c2ccc(Cl)cc2Cl)c1CN=O. The normalized spacial score (nSPS) is 10.6. The van der Waals surface area contributed by atoms with Crippen LogP contribution in [0.15, 0.2) is 53.7 Å². The van der Waals surface area contributed by atoms with Crippen molar-refractivity contribution in [2.75, 3.05) is 0 Å². The van der Waals surface area contributed by atoms with Gasteiger partial charge < -0.3 is 0 Å². The van der Waals surface area contributed by atoms with Crippen LogP contribution in [-0.4, -0.2) is 9.97 Å². The standard InChI is InChI=1S/C18H13Cl2N3O/c1-11-15(10-21-24)17(14-8-7-13(19)9-16(14)20)23-18(22-11)12-5-3-2-4-6-12/h2-9H,10H2,1H3. The zero-order chi connectivity index (χ0) is 17.1. The summed E-state index contributed by atoms with van der Waals surface area (Å²) in [5.74, 6) is 0.573. The van der Waals surface area contributed by atoms with Crippen molar-refractivity contribution in [1.82, 2.24) is 9.97 Å². The second-order valence-corrected chi connectivity index (χ2v) is 6.08. The maximum atomic E-state index is 10.8. The van der Waals surface area contributed by atoms with E-state index in [1.807, 2.05) is 37.3 Å². The highest BCUT2D eigenvalue weighted by Gasteiger charge is 2.17. The summed E-state index contributed by atoms with van der Waals surface area (Å²) in [6, 6.07) is 14.8. The van der Waals surface area contributed by atoms with Gasteiger partial charge in [0.2, 0.25) is 0 Å². The summed E-state index contributed by atoms with van der Waals surface area (Å²) in [4.78, 5) is 20.0. The number of rotatable bonds is 4. The van der Waals surface area contributed by atoms with Crippen molar-refractivity contribution in [3.8, 4) is 22.6 Å². The van der Waals surface area contributed by atoms with Crippen molar-refractivity contribution in [2.45, 2.75) is 13.5 Å². The van der Waals surface area contributed by atoms with Crippen molar-refractivity contribution < 1.29 is 0 Å². The van der Waals surface area contributed by atoms with Crippen LogP contribution in [0.2, 0.25) is 10.0 Å². The minimum absolute atomic E-state index is 0.0187. The largest absolute Gasteiger partial charge is 0.233 e. The molecule has 0 fully saturated rings. The molecule has 0 aliphatic heterocycles. The Bertz CT molecular complexity index is 898. The van der Waals surface area contributed by atoms with E-state index in [0.717, 1.165) is 5.56 Å². The first-order chi connectivity index (χ1) is 11.6. The molecule has 120 valence electrons. The monoisotopic (exact) mass is 357 g/mol. The maximum Gasteiger partial charge on any atom is 0.160 e. The third-order valence-corrected chi connectivity index (χ3v) is 4.20. The Kier molecular flexibility index (Phi) is 4.88. The summed E-state index contributed by atoms with van der Waals surface area (Å²) in [6.07, 6.45) is 0. The molecule has 0 radical (unpaired) electrons. The van der Waals surface area contributed by atoms with Gasteiger partial charge >= 0.3 is 0 Å². The summed E-state index contributed by atoms with van der Waals surface area (Å²) < 4.78 is 0. The second-order valence-electron chi connectivity index (χ2n) is 5.24. The molecule has 3 rings (SSSR count). The van der Waals surface area contributed by atoms with Crippen LogP contribution in [0, 0.1) is 11.8 Å². The van der Waals surface area contributed by atoms with Gasteiger partial charge in [-0.2, -0.15) is 4.91 Å². The van der Waals surface area contributed by atoms with Crippen LogP contribution in [0.3, 0.4) is 0 Å². The van der Waals surface area contributed by atoms with E-state index in [-0.39, 0.29) is 6.54 Å². The van der Waals surface area contributed by atoms with Crippen molar-refractivity contribution in [2.24, 2.45) is 5.18 Å². The van der Waals surface area contributed by atoms with Gasteiger partial charge in [0.05, 0.1) is 10.7 Å². The lowest BCUT2D eigenvalue weighted by molar-refractivity contribution is 0.971. The summed E-state index contributed by atoms with van der Waals surface area (Å²) in [5, 5.41) is 4.00. The van der Waals surface area contributed by atoms with Gasteiger partial charge in [0.15, 0.2) is 5.82 Å². The summed E-state index contributed by atoms with van der Waals surface area (Å²) in [5.41, 5.74) is 3.54. The van der Waals surface area contributed by atoms with Crippen LogP contribution in [0.25, 0.3) is 22.6 Å². The first-order valence-electron chi connectivity index (χ1n) is 7.27. The molecular formula is C18H13Cl2N3O. The first-order valence-corrected chi connectivity index (χ1v) is 8.03. The molecule has 0 amide bonds. The lowest BCUT2D eigenvalue weighted by Gasteiger charge is -2.13. The molecule has 24 heavy (non-hydrogen) atoms. The Morgan fingerprint density at radius 1 is 1.04 bits per heavy atom. The third kappa shape index (κ3) is 3.30. The van der Waals surface area contributed by atoms with Crippen molar-refractivity contribution in [1.29, 1.82) is 0 Å². The zero-order valence-corrected chi connectivity index (χ0v) is 14.3. The Hall–Kier alpha value is -2.30. The number of aromatic nitrogens is 2. The van der Waals surface area contributed by atoms with Crippen molar-refractivity contribution >= 4 is 23.2 Å². The molecule has 6 heteroatoms. The quantitative estimate of drug-likeness (QED) is 0.563. The van der Waals surface area contributed by atoms with Gasteiger partial charge in [-0.1, -0.05) is 58.7 Å². The number of aryl methyl sites for hydroxylation is 1. The molecule has 0 spiro atoms. The zero-order valence-electron chi connectivity index (χ0n) is 12.8. The van der Waals surface area contributed by atoms with E-state index in [1.54, 1.807) is 18.2 Å². The molecule has 0 saturated carbocycles. The predicted octanol–water partition coefficient (Wildman–Crippen LogP) is 5.69. The summed E-state index contributed by atoms with van der Waals surface area (Å²) in [7, 11) is 0. The van der Waals surface area contributed by atoms with Crippen LogP contribution in [-0.2, 0) is 6.54 Å². The molecule has 0 unspecified atom stereocenters. The van der Waals surface area contributed by atoms with E-state index in [9.17, 15) is 4.91 Å².